The summed E-state index contributed by atoms with van der Waals surface area (Å²) in [5.41, 5.74) is 0. The predicted molar refractivity (Wildman–Crippen MR) is 57.7 cm³/mol. The molecule has 0 aromatic heterocycles. The average molecular weight is 227 g/mol. The number of nitrogens with zero attached hydrogens (tertiary/aromatic N) is 2. The maximum atomic E-state index is 11.5. The summed E-state index contributed by atoms with van der Waals surface area (Å²) in [7, 11) is 0. The first kappa shape index (κ1) is 14.2. The van der Waals surface area contributed by atoms with Crippen LogP contribution in [-0.4, -0.2) is 41.6 Å². The summed E-state index contributed by atoms with van der Waals surface area (Å²) in [6, 6.07) is 1.51. The van der Waals surface area contributed by atoms with E-state index in [2.05, 4.69) is 5.32 Å². The quantitative estimate of drug-likeness (QED) is 0.696. The van der Waals surface area contributed by atoms with Crippen LogP contribution in [0.5, 0.6) is 0 Å². The molecule has 0 aromatic rings. The lowest BCUT2D eigenvalue weighted by atomic mass is 10.2. The number of carbonyl (C=O) groups is 2. The summed E-state index contributed by atoms with van der Waals surface area (Å²) in [5.74, 6) is -0.813. The summed E-state index contributed by atoms with van der Waals surface area (Å²) in [6.07, 6.45) is 0.243. The van der Waals surface area contributed by atoms with Gasteiger partial charge in [0.2, 0.25) is 0 Å². The molecule has 0 saturated carbocycles. The van der Waals surface area contributed by atoms with Crippen molar-refractivity contribution in [3.63, 3.8) is 0 Å². The molecule has 0 fully saturated rings. The van der Waals surface area contributed by atoms with E-state index in [9.17, 15) is 9.59 Å². The van der Waals surface area contributed by atoms with Gasteiger partial charge in [-0.25, -0.2) is 4.79 Å². The van der Waals surface area contributed by atoms with Gasteiger partial charge in [-0.2, -0.15) is 5.26 Å². The van der Waals surface area contributed by atoms with Crippen LogP contribution in [0.3, 0.4) is 0 Å². The van der Waals surface area contributed by atoms with Crippen molar-refractivity contribution in [2.24, 2.45) is 5.92 Å². The molecule has 0 aliphatic rings. The van der Waals surface area contributed by atoms with Crippen molar-refractivity contribution >= 4 is 12.0 Å². The van der Waals surface area contributed by atoms with Crippen molar-refractivity contribution in [1.29, 1.82) is 5.26 Å². The molecule has 0 spiro atoms. The number of nitriles is 1. The standard InChI is InChI=1S/C10H17N3O3/c1-8(2)7-13(5-3-4-11)10(16)12-6-9(14)15/h8H,3,5-7H2,1-2H3,(H,12,16)(H,14,15). The molecule has 0 saturated heterocycles. The van der Waals surface area contributed by atoms with Crippen LogP contribution in [0.15, 0.2) is 0 Å². The number of hydrogen-bond donors (Lipinski definition) is 2. The number of hydrogen-bond acceptors (Lipinski definition) is 3. The van der Waals surface area contributed by atoms with Crippen LogP contribution in [0.25, 0.3) is 0 Å². The molecule has 0 atom stereocenters. The van der Waals surface area contributed by atoms with E-state index in [0.717, 1.165) is 0 Å². The Bertz CT molecular complexity index is 284. The molecular formula is C10H17N3O3. The van der Waals surface area contributed by atoms with Gasteiger partial charge >= 0.3 is 12.0 Å². The van der Waals surface area contributed by atoms with E-state index in [1.807, 2.05) is 19.9 Å². The Morgan fingerprint density at radius 1 is 1.50 bits per heavy atom. The van der Waals surface area contributed by atoms with Crippen molar-refractivity contribution < 1.29 is 14.7 Å². The lowest BCUT2D eigenvalue weighted by molar-refractivity contribution is -0.135. The minimum Gasteiger partial charge on any atom is -0.480 e. The monoisotopic (exact) mass is 227 g/mol. The molecule has 2 N–H and O–H groups in total. The fourth-order valence-electron chi connectivity index (χ4n) is 1.16. The molecule has 0 aliphatic carbocycles. The summed E-state index contributed by atoms with van der Waals surface area (Å²) < 4.78 is 0. The minimum atomic E-state index is -1.09. The third-order valence-electron chi connectivity index (χ3n) is 1.76. The average Bonchev–Trinajstić information content (AvgIpc) is 2.20. The van der Waals surface area contributed by atoms with Gasteiger partial charge in [0.05, 0.1) is 12.5 Å². The number of carboxylic acid groups (broad SMARTS) is 1. The third kappa shape index (κ3) is 6.65. The Balaban J connectivity index is 4.20. The minimum absolute atomic E-state index is 0.243. The highest BCUT2D eigenvalue weighted by atomic mass is 16.4. The number of carbonyl (C=O) groups excluding carboxylic acids is 1. The van der Waals surface area contributed by atoms with E-state index in [0.29, 0.717) is 13.1 Å². The fourth-order valence-corrected chi connectivity index (χ4v) is 1.16. The van der Waals surface area contributed by atoms with Gasteiger partial charge in [0.15, 0.2) is 0 Å². The van der Waals surface area contributed by atoms with Gasteiger partial charge in [0.1, 0.15) is 6.54 Å². The number of rotatable bonds is 6. The maximum absolute atomic E-state index is 11.5. The molecule has 6 heteroatoms. The van der Waals surface area contributed by atoms with E-state index in [-0.39, 0.29) is 12.3 Å². The normalized spacial score (nSPS) is 9.62. The third-order valence-corrected chi connectivity index (χ3v) is 1.76. The molecule has 0 aliphatic heterocycles. The largest absolute Gasteiger partial charge is 0.480 e. The van der Waals surface area contributed by atoms with Crippen LogP contribution in [0.1, 0.15) is 20.3 Å². The van der Waals surface area contributed by atoms with Crippen molar-refractivity contribution in [2.75, 3.05) is 19.6 Å². The summed E-state index contributed by atoms with van der Waals surface area (Å²) in [5, 5.41) is 19.1. The summed E-state index contributed by atoms with van der Waals surface area (Å²) >= 11 is 0. The second-order valence-electron chi connectivity index (χ2n) is 3.80. The van der Waals surface area contributed by atoms with Gasteiger partial charge in [-0.1, -0.05) is 13.8 Å². The molecule has 0 radical (unpaired) electrons. The van der Waals surface area contributed by atoms with Gasteiger partial charge in [-0.3, -0.25) is 4.79 Å². The van der Waals surface area contributed by atoms with E-state index < -0.39 is 18.5 Å². The zero-order valence-electron chi connectivity index (χ0n) is 9.56. The summed E-state index contributed by atoms with van der Waals surface area (Å²) in [6.45, 7) is 4.32. The topological polar surface area (TPSA) is 93.4 Å². The van der Waals surface area contributed by atoms with Gasteiger partial charge in [0, 0.05) is 13.1 Å². The lowest BCUT2D eigenvalue weighted by Crippen LogP contribution is -2.44. The van der Waals surface area contributed by atoms with E-state index in [4.69, 9.17) is 10.4 Å². The Morgan fingerprint density at radius 2 is 2.12 bits per heavy atom. The number of aliphatic carboxylic acids is 1. The molecule has 0 unspecified atom stereocenters. The van der Waals surface area contributed by atoms with Crippen LogP contribution >= 0.6 is 0 Å². The van der Waals surface area contributed by atoms with Crippen LogP contribution in [0, 0.1) is 17.2 Å². The first-order chi connectivity index (χ1) is 7.47. The SMILES string of the molecule is CC(C)CN(CCC#N)C(=O)NCC(=O)O. The van der Waals surface area contributed by atoms with Crippen molar-refractivity contribution in [2.45, 2.75) is 20.3 Å². The van der Waals surface area contributed by atoms with Crippen LogP contribution in [-0.2, 0) is 4.79 Å². The van der Waals surface area contributed by atoms with Crippen molar-refractivity contribution in [3.8, 4) is 6.07 Å². The Hall–Kier alpha value is -1.77. The van der Waals surface area contributed by atoms with Gasteiger partial charge in [-0.15, -0.1) is 0 Å². The number of carboxylic acids is 1. The van der Waals surface area contributed by atoms with Crippen molar-refractivity contribution in [3.05, 3.63) is 0 Å². The first-order valence-electron chi connectivity index (χ1n) is 5.09. The molecule has 90 valence electrons. The van der Waals surface area contributed by atoms with Crippen molar-refractivity contribution in [1.82, 2.24) is 10.2 Å². The van der Waals surface area contributed by atoms with Crippen LogP contribution in [0.4, 0.5) is 4.79 Å². The smallest absolute Gasteiger partial charge is 0.323 e. The Labute approximate surface area is 94.8 Å². The highest BCUT2D eigenvalue weighted by Gasteiger charge is 2.14. The zero-order chi connectivity index (χ0) is 12.6. The highest BCUT2D eigenvalue weighted by Crippen LogP contribution is 2.00. The highest BCUT2D eigenvalue weighted by molar-refractivity contribution is 5.79. The second kappa shape index (κ2) is 7.51. The number of urea groups is 1. The number of amides is 2. The predicted octanol–water partition coefficient (Wildman–Crippen LogP) is 0.652. The zero-order valence-corrected chi connectivity index (χ0v) is 9.56. The molecule has 0 rings (SSSR count). The van der Waals surface area contributed by atoms with Crippen LogP contribution < -0.4 is 5.32 Å². The van der Waals surface area contributed by atoms with Gasteiger partial charge < -0.3 is 15.3 Å². The fraction of sp³-hybridized carbons (Fsp3) is 0.700. The maximum Gasteiger partial charge on any atom is 0.323 e. The van der Waals surface area contributed by atoms with Crippen LogP contribution in [0.2, 0.25) is 0 Å². The molecule has 0 aromatic carbocycles. The van der Waals surface area contributed by atoms with E-state index in [1.54, 1.807) is 0 Å². The number of nitrogens with one attached hydrogen (secondary N) is 1. The Morgan fingerprint density at radius 3 is 2.56 bits per heavy atom. The molecule has 6 nitrogen and oxygen atoms in total. The lowest BCUT2D eigenvalue weighted by Gasteiger charge is -2.23. The molecule has 0 heterocycles. The molecule has 16 heavy (non-hydrogen) atoms. The Kier molecular flexibility index (Phi) is 6.68. The van der Waals surface area contributed by atoms with E-state index in [1.165, 1.54) is 4.90 Å². The molecule has 0 bridgehead atoms. The molecule has 2 amide bonds. The van der Waals surface area contributed by atoms with Gasteiger partial charge in [0.25, 0.3) is 0 Å². The summed E-state index contributed by atoms with van der Waals surface area (Å²) in [4.78, 5) is 23.3. The molecular weight excluding hydrogens is 210 g/mol. The second-order valence-corrected chi connectivity index (χ2v) is 3.80. The van der Waals surface area contributed by atoms with Gasteiger partial charge in [-0.05, 0) is 5.92 Å². The van der Waals surface area contributed by atoms with E-state index >= 15 is 0 Å². The first-order valence-corrected chi connectivity index (χ1v) is 5.09.